The van der Waals surface area contributed by atoms with E-state index in [-0.39, 0.29) is 23.1 Å². The summed E-state index contributed by atoms with van der Waals surface area (Å²) in [5, 5.41) is 3.40. The van der Waals surface area contributed by atoms with E-state index >= 15 is 0 Å². The van der Waals surface area contributed by atoms with Crippen LogP contribution >= 0.6 is 7.26 Å². The number of halogens is 1. The van der Waals surface area contributed by atoms with Crippen LogP contribution in [0.15, 0.2) is 103 Å². The molecule has 0 aliphatic rings. The lowest BCUT2D eigenvalue weighted by molar-refractivity contribution is -0.141. The number of hydrogen-bond donors (Lipinski definition) is 0. The second-order valence-electron chi connectivity index (χ2n) is 7.66. The molecule has 0 aliphatic heterocycles. The predicted molar refractivity (Wildman–Crippen MR) is 131 cm³/mol. The molecule has 0 radical (unpaired) electrons. The van der Waals surface area contributed by atoms with Gasteiger partial charge in [-0.2, -0.15) is 0 Å². The lowest BCUT2D eigenvalue weighted by atomic mass is 10.3. The summed E-state index contributed by atoms with van der Waals surface area (Å²) in [5.74, 6) is -0.697. The minimum absolute atomic E-state index is 0. The number of benzene rings is 3. The quantitative estimate of drug-likeness (QED) is 0.192. The van der Waals surface area contributed by atoms with Crippen molar-refractivity contribution in [3.8, 4) is 0 Å². The van der Waals surface area contributed by atoms with Gasteiger partial charge in [0.05, 0.1) is 12.2 Å². The third-order valence-corrected chi connectivity index (χ3v) is 9.21. The molecule has 4 nitrogen and oxygen atoms in total. The molecule has 6 heteroatoms. The zero-order chi connectivity index (χ0) is 23.0. The van der Waals surface area contributed by atoms with Crippen molar-refractivity contribution < 1.29 is 36.0 Å². The van der Waals surface area contributed by atoms with Gasteiger partial charge >= 0.3 is 11.9 Å². The second-order valence-corrected chi connectivity index (χ2v) is 11.1. The highest BCUT2D eigenvalue weighted by molar-refractivity contribution is 7.95. The van der Waals surface area contributed by atoms with Gasteiger partial charge in [0, 0.05) is 6.92 Å². The predicted octanol–water partition coefficient (Wildman–Crippen LogP) is 1.38. The summed E-state index contributed by atoms with van der Waals surface area (Å²) in [6.07, 6.45) is 1.41. The summed E-state index contributed by atoms with van der Waals surface area (Å²) >= 11 is 0. The standard InChI is InChI=1S/C27H28O4P.BrH/c1-21(2)30-27(29)19-23(31-22(3)28)20-32(24-13-7-4-8-14-24,25-15-9-5-10-16-25)26-17-11-6-12-18-26;/h4-19,21H,20H2,1-3H3;1H/q+1;/p-1/b23-19+;. The Morgan fingerprint density at radius 1 is 0.788 bits per heavy atom. The number of hydrogen-bond acceptors (Lipinski definition) is 4. The molecule has 3 rings (SSSR count). The minimum Gasteiger partial charge on any atom is -1.00 e. The third kappa shape index (κ3) is 6.86. The molecule has 0 saturated heterocycles. The van der Waals surface area contributed by atoms with Crippen molar-refractivity contribution in [2.24, 2.45) is 0 Å². The summed E-state index contributed by atoms with van der Waals surface area (Å²) in [4.78, 5) is 24.4. The highest BCUT2D eigenvalue weighted by atomic mass is 79.9. The van der Waals surface area contributed by atoms with Crippen LogP contribution in [-0.4, -0.2) is 24.2 Å². The molecular formula is C27H28BrO4P. The SMILES string of the molecule is CC(=O)O/C(=C/C(=O)OC(C)C)C[P+](c1ccccc1)(c1ccccc1)c1ccccc1.[Br-]. The van der Waals surface area contributed by atoms with Crippen molar-refractivity contribution in [2.45, 2.75) is 26.9 Å². The number of ether oxygens (including phenoxy) is 2. The molecule has 0 heterocycles. The van der Waals surface area contributed by atoms with Crippen molar-refractivity contribution in [1.29, 1.82) is 0 Å². The van der Waals surface area contributed by atoms with Gasteiger partial charge in [-0.05, 0) is 50.2 Å². The molecule has 3 aromatic carbocycles. The van der Waals surface area contributed by atoms with Crippen molar-refractivity contribution in [2.75, 3.05) is 6.16 Å². The highest BCUT2D eigenvalue weighted by Gasteiger charge is 2.46. The topological polar surface area (TPSA) is 52.6 Å². The van der Waals surface area contributed by atoms with Crippen LogP contribution in [0.4, 0.5) is 0 Å². The molecule has 0 aliphatic carbocycles. The van der Waals surface area contributed by atoms with Crippen molar-refractivity contribution in [3.63, 3.8) is 0 Å². The molecule has 0 bridgehead atoms. The van der Waals surface area contributed by atoms with Crippen LogP contribution in [0, 0.1) is 0 Å². The first-order valence-corrected chi connectivity index (χ1v) is 12.5. The van der Waals surface area contributed by atoms with Crippen LogP contribution in [0.25, 0.3) is 0 Å². The normalized spacial score (nSPS) is 11.5. The Balaban J connectivity index is 0.00000385. The fraction of sp³-hybridized carbons (Fsp3) is 0.185. The monoisotopic (exact) mass is 526 g/mol. The zero-order valence-electron chi connectivity index (χ0n) is 19.0. The van der Waals surface area contributed by atoms with Gasteiger partial charge in [-0.1, -0.05) is 54.6 Å². The Kier molecular flexibility index (Phi) is 10.0. The number of allylic oxidation sites excluding steroid dienone is 1. The zero-order valence-corrected chi connectivity index (χ0v) is 21.5. The van der Waals surface area contributed by atoms with Gasteiger partial charge in [0.15, 0.2) is 5.76 Å². The maximum Gasteiger partial charge on any atom is 0.334 e. The number of carbonyl (C=O) groups is 2. The van der Waals surface area contributed by atoms with Gasteiger partial charge in [-0.3, -0.25) is 4.79 Å². The van der Waals surface area contributed by atoms with Crippen LogP contribution in [-0.2, 0) is 19.1 Å². The highest BCUT2D eigenvalue weighted by Crippen LogP contribution is 2.56. The number of carbonyl (C=O) groups excluding carboxylic acids is 2. The second kappa shape index (κ2) is 12.5. The van der Waals surface area contributed by atoms with Gasteiger partial charge < -0.3 is 26.5 Å². The van der Waals surface area contributed by atoms with E-state index in [1.807, 2.05) is 54.6 Å². The van der Waals surface area contributed by atoms with E-state index in [1.54, 1.807) is 13.8 Å². The van der Waals surface area contributed by atoms with Gasteiger partial charge in [0.1, 0.15) is 29.3 Å². The average molecular weight is 527 g/mol. The van der Waals surface area contributed by atoms with Crippen LogP contribution in [0.5, 0.6) is 0 Å². The first-order valence-electron chi connectivity index (χ1n) is 10.6. The van der Waals surface area contributed by atoms with Crippen molar-refractivity contribution in [3.05, 3.63) is 103 Å². The fourth-order valence-electron chi connectivity index (χ4n) is 3.69. The fourth-order valence-corrected chi connectivity index (χ4v) is 7.80. The third-order valence-electron chi connectivity index (χ3n) is 4.89. The Hall–Kier alpha value is -2.75. The summed E-state index contributed by atoms with van der Waals surface area (Å²) in [6, 6.07) is 30.6. The summed E-state index contributed by atoms with van der Waals surface area (Å²) in [7, 11) is -2.31. The molecule has 0 amide bonds. The molecule has 33 heavy (non-hydrogen) atoms. The summed E-state index contributed by atoms with van der Waals surface area (Å²) < 4.78 is 10.9. The van der Waals surface area contributed by atoms with Gasteiger partial charge in [-0.15, -0.1) is 0 Å². The van der Waals surface area contributed by atoms with Crippen LogP contribution in [0.1, 0.15) is 20.8 Å². The Morgan fingerprint density at radius 2 is 1.18 bits per heavy atom. The van der Waals surface area contributed by atoms with Crippen molar-refractivity contribution >= 4 is 35.1 Å². The Labute approximate surface area is 206 Å². The number of rotatable bonds is 8. The van der Waals surface area contributed by atoms with E-state index < -0.39 is 19.2 Å². The lowest BCUT2D eigenvalue weighted by Gasteiger charge is -2.28. The summed E-state index contributed by atoms with van der Waals surface area (Å²) in [5.41, 5.74) is 0. The largest absolute Gasteiger partial charge is 1.00 e. The Morgan fingerprint density at radius 3 is 1.52 bits per heavy atom. The molecule has 3 aromatic rings. The average Bonchev–Trinajstić information content (AvgIpc) is 2.78. The molecule has 0 spiro atoms. The van der Waals surface area contributed by atoms with Crippen LogP contribution < -0.4 is 32.9 Å². The van der Waals surface area contributed by atoms with E-state index in [1.165, 1.54) is 13.0 Å². The smallest absolute Gasteiger partial charge is 0.334 e. The van der Waals surface area contributed by atoms with E-state index in [9.17, 15) is 9.59 Å². The van der Waals surface area contributed by atoms with Crippen LogP contribution in [0.3, 0.4) is 0 Å². The first-order chi connectivity index (χ1) is 15.4. The molecule has 0 saturated carbocycles. The van der Waals surface area contributed by atoms with Gasteiger partial charge in [0.2, 0.25) is 0 Å². The molecule has 0 atom stereocenters. The lowest BCUT2D eigenvalue weighted by Crippen LogP contribution is -3.00. The molecule has 0 unspecified atom stereocenters. The molecule has 0 N–H and O–H groups in total. The van der Waals surface area contributed by atoms with E-state index in [0.29, 0.717) is 11.9 Å². The molecular weight excluding hydrogens is 499 g/mol. The van der Waals surface area contributed by atoms with Gasteiger partial charge in [-0.25, -0.2) is 4.79 Å². The first kappa shape index (κ1) is 26.5. The van der Waals surface area contributed by atoms with E-state index in [0.717, 1.165) is 15.9 Å². The van der Waals surface area contributed by atoms with Crippen molar-refractivity contribution in [1.82, 2.24) is 0 Å². The van der Waals surface area contributed by atoms with Gasteiger partial charge in [0.25, 0.3) is 0 Å². The molecule has 0 aromatic heterocycles. The maximum atomic E-state index is 12.5. The van der Waals surface area contributed by atoms with E-state index in [4.69, 9.17) is 9.47 Å². The summed E-state index contributed by atoms with van der Waals surface area (Å²) in [6.45, 7) is 4.91. The van der Waals surface area contributed by atoms with E-state index in [2.05, 4.69) is 36.4 Å². The molecule has 0 fully saturated rings. The maximum absolute atomic E-state index is 12.5. The Bertz CT molecular complexity index is 970. The minimum atomic E-state index is -2.31. The van der Waals surface area contributed by atoms with Crippen LogP contribution in [0.2, 0.25) is 0 Å². The molecule has 172 valence electrons. The number of esters is 2.